The fourth-order valence-corrected chi connectivity index (χ4v) is 1.60. The Hall–Kier alpha value is -0.0300. The van der Waals surface area contributed by atoms with Crippen molar-refractivity contribution in [2.75, 3.05) is 0 Å². The summed E-state index contributed by atoms with van der Waals surface area (Å²) >= 11 is 4.49. The molecule has 0 aromatic carbocycles. The molecule has 0 aliphatic carbocycles. The van der Waals surface area contributed by atoms with Crippen LogP contribution in [0.4, 0.5) is 0 Å². The van der Waals surface area contributed by atoms with E-state index in [1.165, 1.54) is 12.8 Å². The van der Waals surface area contributed by atoms with E-state index in [9.17, 15) is 10.2 Å². The van der Waals surface area contributed by atoms with Gasteiger partial charge in [0.25, 0.3) is 0 Å². The molecule has 3 nitrogen and oxygen atoms in total. The third-order valence-corrected chi connectivity index (χ3v) is 2.77. The van der Waals surface area contributed by atoms with E-state index in [0.29, 0.717) is 6.42 Å². The summed E-state index contributed by atoms with van der Waals surface area (Å²) in [5.41, 5.74) is 0. The lowest BCUT2D eigenvalue weighted by atomic mass is 10.0. The molecule has 0 aliphatic heterocycles. The van der Waals surface area contributed by atoms with Crippen molar-refractivity contribution in [1.29, 1.82) is 0 Å². The van der Waals surface area contributed by atoms with Crippen molar-refractivity contribution in [2.45, 2.75) is 63.8 Å². The molecule has 4 heteroatoms. The van der Waals surface area contributed by atoms with Crippen LogP contribution in [0, 0.1) is 0 Å². The van der Waals surface area contributed by atoms with Gasteiger partial charge in [-0.25, -0.2) is 0 Å². The molecule has 0 rings (SSSR count). The van der Waals surface area contributed by atoms with Crippen molar-refractivity contribution < 1.29 is 15.3 Å². The highest BCUT2D eigenvalue weighted by atomic mass is 32.1. The standard InChI is InChI=1S/C11H22O3S/c1-2-3-4-5-6-7-9(12)11(14)10(13)8-15/h8-14H,2-7H2,1H3/t9-,10+,11-/m1/s1. The smallest absolute Gasteiger partial charge is 0.111 e. The first-order chi connectivity index (χ1) is 7.13. The molecule has 0 aliphatic rings. The van der Waals surface area contributed by atoms with Crippen LogP contribution in [-0.4, -0.2) is 39.0 Å². The quantitative estimate of drug-likeness (QED) is 0.417. The van der Waals surface area contributed by atoms with Crippen molar-refractivity contribution in [2.24, 2.45) is 0 Å². The highest BCUT2D eigenvalue weighted by Crippen LogP contribution is 2.10. The SMILES string of the molecule is CCCCCCC[C@@H](O)[C@@H](O)[C@@H](O)C=S. The minimum atomic E-state index is -1.14. The molecule has 0 bridgehead atoms. The zero-order chi connectivity index (χ0) is 11.7. The van der Waals surface area contributed by atoms with Gasteiger partial charge in [0.05, 0.1) is 6.10 Å². The Kier molecular flexibility index (Phi) is 9.20. The Morgan fingerprint density at radius 2 is 1.67 bits per heavy atom. The summed E-state index contributed by atoms with van der Waals surface area (Å²) in [7, 11) is 0. The molecule has 3 atom stereocenters. The van der Waals surface area contributed by atoms with Crippen LogP contribution < -0.4 is 0 Å². The lowest BCUT2D eigenvalue weighted by Gasteiger charge is -2.19. The molecule has 0 spiro atoms. The number of hydrogen-bond donors (Lipinski definition) is 3. The van der Waals surface area contributed by atoms with Crippen LogP contribution in [0.5, 0.6) is 0 Å². The Labute approximate surface area is 97.1 Å². The average Bonchev–Trinajstić information content (AvgIpc) is 2.26. The van der Waals surface area contributed by atoms with E-state index < -0.39 is 18.3 Å². The fraction of sp³-hybridized carbons (Fsp3) is 0.909. The van der Waals surface area contributed by atoms with Crippen LogP contribution in [0.2, 0.25) is 0 Å². The molecule has 3 N–H and O–H groups in total. The molecular weight excluding hydrogens is 212 g/mol. The normalized spacial score (nSPS) is 17.1. The summed E-state index contributed by atoms with van der Waals surface area (Å²) in [5.74, 6) is 0. The topological polar surface area (TPSA) is 60.7 Å². The Morgan fingerprint density at radius 3 is 2.20 bits per heavy atom. The molecule has 0 unspecified atom stereocenters. The first kappa shape index (κ1) is 15.0. The molecule has 0 saturated heterocycles. The van der Waals surface area contributed by atoms with Gasteiger partial charge in [0.15, 0.2) is 0 Å². The Balaban J connectivity index is 3.55. The molecule has 0 radical (unpaired) electrons. The van der Waals surface area contributed by atoms with Crippen LogP contribution in [0.3, 0.4) is 0 Å². The van der Waals surface area contributed by atoms with Crippen LogP contribution in [-0.2, 0) is 0 Å². The van der Waals surface area contributed by atoms with Crippen LogP contribution in [0.1, 0.15) is 45.4 Å². The second kappa shape index (κ2) is 9.21. The predicted octanol–water partition coefficient (Wildman–Crippen LogP) is 1.43. The van der Waals surface area contributed by atoms with Crippen molar-refractivity contribution in [3.63, 3.8) is 0 Å². The zero-order valence-electron chi connectivity index (χ0n) is 9.30. The van der Waals surface area contributed by atoms with E-state index in [0.717, 1.165) is 24.6 Å². The molecule has 0 aromatic heterocycles. The van der Waals surface area contributed by atoms with Crippen molar-refractivity contribution in [1.82, 2.24) is 0 Å². The molecule has 0 heterocycles. The molecular formula is C11H22O3S. The summed E-state index contributed by atoms with van der Waals surface area (Å²) in [6, 6.07) is 0. The van der Waals surface area contributed by atoms with Crippen LogP contribution in [0.15, 0.2) is 0 Å². The Morgan fingerprint density at radius 1 is 1.07 bits per heavy atom. The molecule has 0 fully saturated rings. The van der Waals surface area contributed by atoms with Gasteiger partial charge in [-0.15, -0.1) is 0 Å². The first-order valence-corrected chi connectivity index (χ1v) is 6.10. The molecule has 0 aromatic rings. The van der Waals surface area contributed by atoms with Crippen LogP contribution in [0.25, 0.3) is 0 Å². The molecule has 15 heavy (non-hydrogen) atoms. The van der Waals surface area contributed by atoms with Gasteiger partial charge < -0.3 is 15.3 Å². The number of aliphatic hydroxyl groups excluding tert-OH is 3. The summed E-state index contributed by atoms with van der Waals surface area (Å²) in [6.45, 7) is 2.15. The third-order valence-electron chi connectivity index (χ3n) is 2.49. The number of rotatable bonds is 9. The third kappa shape index (κ3) is 6.95. The molecule has 90 valence electrons. The van der Waals surface area contributed by atoms with Gasteiger partial charge in [-0.05, 0) is 6.42 Å². The van der Waals surface area contributed by atoms with Gasteiger partial charge in [0, 0.05) is 5.37 Å². The largest absolute Gasteiger partial charge is 0.390 e. The van der Waals surface area contributed by atoms with E-state index >= 15 is 0 Å². The maximum atomic E-state index is 9.50. The average molecular weight is 234 g/mol. The van der Waals surface area contributed by atoms with Gasteiger partial charge in [-0.2, -0.15) is 0 Å². The lowest BCUT2D eigenvalue weighted by Crippen LogP contribution is -2.37. The molecule has 0 saturated carbocycles. The minimum absolute atomic E-state index is 0.519. The van der Waals surface area contributed by atoms with Gasteiger partial charge in [0.2, 0.25) is 0 Å². The van der Waals surface area contributed by atoms with Gasteiger partial charge in [-0.3, -0.25) is 0 Å². The predicted molar refractivity (Wildman–Crippen MR) is 65.1 cm³/mol. The second-order valence-corrected chi connectivity index (χ2v) is 4.16. The number of unbranched alkanes of at least 4 members (excludes halogenated alkanes) is 4. The summed E-state index contributed by atoms with van der Waals surface area (Å²) in [5, 5.41) is 29.1. The maximum Gasteiger partial charge on any atom is 0.111 e. The summed E-state index contributed by atoms with van der Waals surface area (Å²) < 4.78 is 0. The van der Waals surface area contributed by atoms with Gasteiger partial charge >= 0.3 is 0 Å². The lowest BCUT2D eigenvalue weighted by molar-refractivity contribution is -0.0360. The van der Waals surface area contributed by atoms with Gasteiger partial charge in [0.1, 0.15) is 12.2 Å². The van der Waals surface area contributed by atoms with E-state index in [2.05, 4.69) is 19.1 Å². The zero-order valence-corrected chi connectivity index (χ0v) is 10.1. The highest BCUT2D eigenvalue weighted by molar-refractivity contribution is 7.79. The first-order valence-electron chi connectivity index (χ1n) is 5.63. The second-order valence-electron chi connectivity index (χ2n) is 3.89. The summed E-state index contributed by atoms with van der Waals surface area (Å²) in [4.78, 5) is 0. The molecule has 0 amide bonds. The van der Waals surface area contributed by atoms with E-state index in [1.807, 2.05) is 0 Å². The van der Waals surface area contributed by atoms with Crippen LogP contribution >= 0.6 is 12.2 Å². The van der Waals surface area contributed by atoms with Crippen molar-refractivity contribution >= 4 is 17.6 Å². The van der Waals surface area contributed by atoms with E-state index in [4.69, 9.17) is 5.11 Å². The Bertz CT molecular complexity index is 164. The van der Waals surface area contributed by atoms with E-state index in [-0.39, 0.29) is 0 Å². The summed E-state index contributed by atoms with van der Waals surface area (Å²) in [6.07, 6.45) is 2.89. The number of hydrogen-bond acceptors (Lipinski definition) is 4. The monoisotopic (exact) mass is 234 g/mol. The highest BCUT2D eigenvalue weighted by Gasteiger charge is 2.21. The number of thiocarbonyl (C=S) groups is 1. The maximum absolute atomic E-state index is 9.50. The fourth-order valence-electron chi connectivity index (χ4n) is 1.44. The number of aliphatic hydroxyl groups is 3. The van der Waals surface area contributed by atoms with Crippen molar-refractivity contribution in [3.8, 4) is 0 Å². The minimum Gasteiger partial charge on any atom is -0.390 e. The van der Waals surface area contributed by atoms with Gasteiger partial charge in [-0.1, -0.05) is 51.2 Å². The van der Waals surface area contributed by atoms with Crippen molar-refractivity contribution in [3.05, 3.63) is 0 Å². The van der Waals surface area contributed by atoms with E-state index in [1.54, 1.807) is 0 Å².